The first kappa shape index (κ1) is 19.0. The first-order chi connectivity index (χ1) is 13.8. The Morgan fingerprint density at radius 1 is 1.17 bits per heavy atom. The SMILES string of the molecule is COC(=O)CCN1C(=O)C2C(N=C3N(c4ccc(C)cc4)C(C)=CN32)N(C)C1=O. The predicted molar refractivity (Wildman–Crippen MR) is 106 cm³/mol. The van der Waals surface area contributed by atoms with Crippen molar-refractivity contribution in [2.24, 2.45) is 4.99 Å². The molecule has 0 saturated carbocycles. The second-order valence-electron chi connectivity index (χ2n) is 7.35. The van der Waals surface area contributed by atoms with E-state index in [1.165, 1.54) is 12.0 Å². The maximum atomic E-state index is 13.2. The number of ether oxygens (including phenoxy) is 1. The fraction of sp³-hybridized carbons (Fsp3) is 0.400. The largest absolute Gasteiger partial charge is 0.469 e. The maximum absolute atomic E-state index is 13.2. The number of rotatable bonds is 4. The first-order valence-electron chi connectivity index (χ1n) is 9.40. The average molecular weight is 397 g/mol. The molecular weight excluding hydrogens is 374 g/mol. The second kappa shape index (κ2) is 6.91. The van der Waals surface area contributed by atoms with Gasteiger partial charge in [0.05, 0.1) is 13.5 Å². The van der Waals surface area contributed by atoms with Gasteiger partial charge in [-0.1, -0.05) is 17.7 Å². The number of nitrogens with zero attached hydrogens (tertiary/aromatic N) is 5. The molecule has 3 heterocycles. The van der Waals surface area contributed by atoms with Crippen LogP contribution in [0, 0.1) is 6.92 Å². The van der Waals surface area contributed by atoms with Gasteiger partial charge in [0.15, 0.2) is 12.2 Å². The molecule has 0 bridgehead atoms. The molecule has 0 aromatic heterocycles. The van der Waals surface area contributed by atoms with Gasteiger partial charge in [-0.05, 0) is 26.0 Å². The normalized spacial score (nSPS) is 23.2. The molecule has 29 heavy (non-hydrogen) atoms. The van der Waals surface area contributed by atoms with Gasteiger partial charge in [-0.15, -0.1) is 0 Å². The van der Waals surface area contributed by atoms with Gasteiger partial charge in [0.2, 0.25) is 5.96 Å². The number of carbonyl (C=O) groups excluding carboxylic acids is 3. The van der Waals surface area contributed by atoms with E-state index in [9.17, 15) is 14.4 Å². The number of methoxy groups -OCH3 is 1. The Hall–Kier alpha value is -3.36. The number of imide groups is 1. The summed E-state index contributed by atoms with van der Waals surface area (Å²) in [4.78, 5) is 48.4. The van der Waals surface area contributed by atoms with Crippen LogP contribution < -0.4 is 4.90 Å². The molecule has 0 radical (unpaired) electrons. The summed E-state index contributed by atoms with van der Waals surface area (Å²) in [7, 11) is 2.90. The Morgan fingerprint density at radius 2 is 1.86 bits per heavy atom. The summed E-state index contributed by atoms with van der Waals surface area (Å²) in [5.41, 5.74) is 3.02. The van der Waals surface area contributed by atoms with E-state index in [0.29, 0.717) is 5.96 Å². The van der Waals surface area contributed by atoms with E-state index in [-0.39, 0.29) is 18.9 Å². The highest BCUT2D eigenvalue weighted by Crippen LogP contribution is 2.36. The van der Waals surface area contributed by atoms with Crippen molar-refractivity contribution in [3.8, 4) is 0 Å². The molecular formula is C20H23N5O4. The van der Waals surface area contributed by atoms with Gasteiger partial charge in [-0.2, -0.15) is 0 Å². The summed E-state index contributed by atoms with van der Waals surface area (Å²) in [5, 5.41) is 0. The zero-order valence-electron chi connectivity index (χ0n) is 16.8. The average Bonchev–Trinajstić information content (AvgIpc) is 3.21. The lowest BCUT2D eigenvalue weighted by Crippen LogP contribution is -2.64. The van der Waals surface area contributed by atoms with Crippen LogP contribution >= 0.6 is 0 Å². The van der Waals surface area contributed by atoms with E-state index in [1.54, 1.807) is 7.05 Å². The number of anilines is 1. The number of esters is 1. The van der Waals surface area contributed by atoms with Gasteiger partial charge in [-0.3, -0.25) is 19.4 Å². The first-order valence-corrected chi connectivity index (χ1v) is 9.40. The third kappa shape index (κ3) is 2.93. The third-order valence-electron chi connectivity index (χ3n) is 5.45. The number of amides is 3. The van der Waals surface area contributed by atoms with Crippen LogP contribution in [-0.2, 0) is 14.3 Å². The van der Waals surface area contributed by atoms with Crippen LogP contribution in [0.4, 0.5) is 10.5 Å². The van der Waals surface area contributed by atoms with Crippen molar-refractivity contribution in [1.29, 1.82) is 0 Å². The second-order valence-corrected chi connectivity index (χ2v) is 7.35. The van der Waals surface area contributed by atoms with Crippen molar-refractivity contribution in [3.05, 3.63) is 41.7 Å². The van der Waals surface area contributed by atoms with Crippen molar-refractivity contribution in [1.82, 2.24) is 14.7 Å². The molecule has 4 rings (SSSR count). The van der Waals surface area contributed by atoms with Crippen molar-refractivity contribution in [3.63, 3.8) is 0 Å². The van der Waals surface area contributed by atoms with Crippen molar-refractivity contribution in [2.75, 3.05) is 25.6 Å². The highest BCUT2D eigenvalue weighted by atomic mass is 16.5. The standard InChI is InChI=1S/C20H23N5O4/c1-12-5-7-14(8-6-12)25-13(2)11-24-16-17(21-19(24)25)22(3)20(28)23(18(16)27)10-9-15(26)29-4/h5-8,11,16-17H,9-10H2,1-4H3. The fourth-order valence-electron chi connectivity index (χ4n) is 3.88. The summed E-state index contributed by atoms with van der Waals surface area (Å²) in [5.74, 6) is -0.221. The number of carbonyl (C=O) groups is 3. The number of likely N-dealkylation sites (N-methyl/N-ethyl adjacent to an activating group) is 1. The number of aryl methyl sites for hydroxylation is 1. The Kier molecular flexibility index (Phi) is 4.52. The van der Waals surface area contributed by atoms with E-state index in [1.807, 2.05) is 54.1 Å². The molecule has 152 valence electrons. The zero-order chi connectivity index (χ0) is 20.9. The van der Waals surface area contributed by atoms with Crippen molar-refractivity contribution in [2.45, 2.75) is 32.5 Å². The minimum Gasteiger partial charge on any atom is -0.469 e. The lowest BCUT2D eigenvalue weighted by Gasteiger charge is -2.40. The Morgan fingerprint density at radius 3 is 2.52 bits per heavy atom. The van der Waals surface area contributed by atoms with E-state index in [0.717, 1.165) is 21.8 Å². The Labute approximate surface area is 168 Å². The van der Waals surface area contributed by atoms with Gasteiger partial charge in [-0.25, -0.2) is 9.79 Å². The topological polar surface area (TPSA) is 85.8 Å². The number of benzene rings is 1. The minimum atomic E-state index is -0.657. The number of hydrogen-bond acceptors (Lipinski definition) is 7. The Bertz CT molecular complexity index is 939. The molecule has 9 nitrogen and oxygen atoms in total. The monoisotopic (exact) mass is 397 g/mol. The van der Waals surface area contributed by atoms with Gasteiger partial charge in [0, 0.05) is 31.2 Å². The highest BCUT2D eigenvalue weighted by Gasteiger charge is 2.54. The molecule has 3 aliphatic heterocycles. The lowest BCUT2D eigenvalue weighted by molar-refractivity contribution is -0.142. The maximum Gasteiger partial charge on any atom is 0.328 e. The third-order valence-corrected chi connectivity index (χ3v) is 5.45. The van der Waals surface area contributed by atoms with Crippen LogP contribution in [0.3, 0.4) is 0 Å². The van der Waals surface area contributed by atoms with Crippen LogP contribution in [0.5, 0.6) is 0 Å². The van der Waals surface area contributed by atoms with Crippen molar-refractivity contribution >= 4 is 29.6 Å². The molecule has 2 unspecified atom stereocenters. The molecule has 1 aromatic carbocycles. The molecule has 1 saturated heterocycles. The molecule has 2 atom stereocenters. The van der Waals surface area contributed by atoms with E-state index >= 15 is 0 Å². The number of urea groups is 1. The van der Waals surface area contributed by atoms with Gasteiger partial charge in [0.1, 0.15) is 0 Å². The van der Waals surface area contributed by atoms with Gasteiger partial charge < -0.3 is 14.5 Å². The van der Waals surface area contributed by atoms with Gasteiger partial charge >= 0.3 is 12.0 Å². The van der Waals surface area contributed by atoms with E-state index in [4.69, 9.17) is 4.99 Å². The van der Waals surface area contributed by atoms with Crippen molar-refractivity contribution < 1.29 is 19.1 Å². The number of guanidine groups is 1. The smallest absolute Gasteiger partial charge is 0.328 e. The summed E-state index contributed by atoms with van der Waals surface area (Å²) in [6.07, 6.45) is 1.22. The van der Waals surface area contributed by atoms with E-state index < -0.39 is 24.2 Å². The Balaban J connectivity index is 1.64. The van der Waals surface area contributed by atoms with Crippen LogP contribution in [0.1, 0.15) is 18.9 Å². The summed E-state index contributed by atoms with van der Waals surface area (Å²) in [6.45, 7) is 3.95. The summed E-state index contributed by atoms with van der Waals surface area (Å²) in [6, 6.07) is 6.91. The molecule has 3 aliphatic rings. The molecule has 0 spiro atoms. The molecule has 9 heteroatoms. The predicted octanol–water partition coefficient (Wildman–Crippen LogP) is 1.50. The van der Waals surface area contributed by atoms with Gasteiger partial charge in [0.25, 0.3) is 5.91 Å². The number of fused-ring (bicyclic) bond motifs is 3. The molecule has 3 amide bonds. The van der Waals surface area contributed by atoms with Crippen LogP contribution in [-0.4, -0.2) is 71.5 Å². The highest BCUT2D eigenvalue weighted by molar-refractivity contribution is 6.10. The number of hydrogen-bond donors (Lipinski definition) is 0. The van der Waals surface area contributed by atoms with Crippen LogP contribution in [0.2, 0.25) is 0 Å². The zero-order valence-corrected chi connectivity index (χ0v) is 16.8. The molecule has 1 fully saturated rings. The number of allylic oxidation sites excluding steroid dienone is 1. The molecule has 0 aliphatic carbocycles. The quantitative estimate of drug-likeness (QED) is 0.716. The van der Waals surface area contributed by atoms with Crippen LogP contribution in [0.25, 0.3) is 0 Å². The summed E-state index contributed by atoms with van der Waals surface area (Å²) < 4.78 is 4.63. The molecule has 1 aromatic rings. The molecule has 0 N–H and O–H groups in total. The fourth-order valence-corrected chi connectivity index (χ4v) is 3.88. The summed E-state index contributed by atoms with van der Waals surface area (Å²) >= 11 is 0. The minimum absolute atomic E-state index is 0.0224. The van der Waals surface area contributed by atoms with E-state index in [2.05, 4.69) is 4.74 Å². The van der Waals surface area contributed by atoms with Crippen LogP contribution in [0.15, 0.2) is 41.2 Å². The lowest BCUT2D eigenvalue weighted by atomic mass is 10.1. The number of aliphatic imine (C=N–C) groups is 1.